The summed E-state index contributed by atoms with van der Waals surface area (Å²) in [4.78, 5) is 33.9. The predicted octanol–water partition coefficient (Wildman–Crippen LogP) is 4.15. The average Bonchev–Trinajstić information content (AvgIpc) is 3.38. The Labute approximate surface area is 208 Å². The first-order valence-electron chi connectivity index (χ1n) is 12.1. The SMILES string of the molecule is CCOC(=O)C[C@H](NC(=O)N1CCN(c2nc3cc(F)ccc3n3cccc23)CC1)c1ccccc1. The van der Waals surface area contributed by atoms with Crippen LogP contribution in [-0.4, -0.2) is 59.1 Å². The van der Waals surface area contributed by atoms with Crippen LogP contribution < -0.4 is 10.2 Å². The number of nitrogens with one attached hydrogen (secondary N) is 1. The van der Waals surface area contributed by atoms with Crippen LogP contribution in [0.4, 0.5) is 15.0 Å². The molecule has 0 unspecified atom stereocenters. The van der Waals surface area contributed by atoms with Crippen LogP contribution in [0, 0.1) is 5.82 Å². The van der Waals surface area contributed by atoms with E-state index >= 15 is 0 Å². The zero-order valence-electron chi connectivity index (χ0n) is 20.1. The van der Waals surface area contributed by atoms with Gasteiger partial charge in [-0.1, -0.05) is 30.3 Å². The maximum atomic E-state index is 13.9. The summed E-state index contributed by atoms with van der Waals surface area (Å²) in [6.45, 7) is 4.19. The van der Waals surface area contributed by atoms with Crippen molar-refractivity contribution in [2.75, 3.05) is 37.7 Å². The summed E-state index contributed by atoms with van der Waals surface area (Å²) in [5.74, 6) is 0.0823. The van der Waals surface area contributed by atoms with Crippen molar-refractivity contribution < 1.29 is 18.7 Å². The molecule has 0 radical (unpaired) electrons. The van der Waals surface area contributed by atoms with E-state index < -0.39 is 6.04 Å². The van der Waals surface area contributed by atoms with Gasteiger partial charge in [0.25, 0.3) is 0 Å². The molecule has 186 valence electrons. The van der Waals surface area contributed by atoms with Crippen LogP contribution >= 0.6 is 0 Å². The highest BCUT2D eigenvalue weighted by atomic mass is 19.1. The molecular formula is C27H28FN5O3. The molecule has 36 heavy (non-hydrogen) atoms. The van der Waals surface area contributed by atoms with Gasteiger partial charge in [-0.05, 0) is 36.8 Å². The van der Waals surface area contributed by atoms with Crippen LogP contribution in [0.3, 0.4) is 0 Å². The van der Waals surface area contributed by atoms with Crippen LogP contribution in [0.25, 0.3) is 16.6 Å². The largest absolute Gasteiger partial charge is 0.466 e. The molecule has 8 nitrogen and oxygen atoms in total. The lowest BCUT2D eigenvalue weighted by Gasteiger charge is -2.36. The number of hydrogen-bond acceptors (Lipinski definition) is 5. The van der Waals surface area contributed by atoms with Crippen molar-refractivity contribution in [3.63, 3.8) is 0 Å². The summed E-state index contributed by atoms with van der Waals surface area (Å²) in [6.07, 6.45) is 2.00. The molecule has 1 aliphatic heterocycles. The summed E-state index contributed by atoms with van der Waals surface area (Å²) >= 11 is 0. The third-order valence-electron chi connectivity index (χ3n) is 6.44. The maximum absolute atomic E-state index is 13.9. The molecule has 1 N–H and O–H groups in total. The van der Waals surface area contributed by atoms with Crippen molar-refractivity contribution in [3.05, 3.63) is 78.2 Å². The Morgan fingerprint density at radius 2 is 1.81 bits per heavy atom. The molecule has 1 aliphatic rings. The van der Waals surface area contributed by atoms with Gasteiger partial charge in [0.05, 0.1) is 35.6 Å². The van der Waals surface area contributed by atoms with Crippen molar-refractivity contribution in [1.82, 2.24) is 19.6 Å². The van der Waals surface area contributed by atoms with E-state index in [-0.39, 0.29) is 24.2 Å². The minimum atomic E-state index is -0.479. The fraction of sp³-hybridized carbons (Fsp3) is 0.296. The fourth-order valence-electron chi connectivity index (χ4n) is 4.65. The van der Waals surface area contributed by atoms with E-state index in [1.807, 2.05) is 53.1 Å². The van der Waals surface area contributed by atoms with Crippen LogP contribution in [0.1, 0.15) is 24.9 Å². The summed E-state index contributed by atoms with van der Waals surface area (Å²) in [5, 5.41) is 3.01. The zero-order chi connectivity index (χ0) is 25.1. The monoisotopic (exact) mass is 489 g/mol. The molecule has 2 aromatic heterocycles. The Balaban J connectivity index is 1.30. The lowest BCUT2D eigenvalue weighted by molar-refractivity contribution is -0.143. The van der Waals surface area contributed by atoms with Crippen LogP contribution in [0.2, 0.25) is 0 Å². The van der Waals surface area contributed by atoms with Crippen LogP contribution in [-0.2, 0) is 9.53 Å². The molecule has 2 aromatic carbocycles. The maximum Gasteiger partial charge on any atom is 0.318 e. The Bertz CT molecular complexity index is 1380. The van der Waals surface area contributed by atoms with E-state index in [1.165, 1.54) is 12.1 Å². The van der Waals surface area contributed by atoms with Gasteiger partial charge < -0.3 is 24.3 Å². The second-order valence-electron chi connectivity index (χ2n) is 8.73. The molecule has 0 aliphatic carbocycles. The molecule has 1 fully saturated rings. The highest BCUT2D eigenvalue weighted by Crippen LogP contribution is 2.27. The molecule has 1 saturated heterocycles. The standard InChI is InChI=1S/C27H28FN5O3/c1-2-36-25(34)18-21(19-7-4-3-5-8-19)30-27(35)32-15-13-31(14-16-32)26-24-9-6-12-33(24)23-11-10-20(28)17-22(23)29-26/h3-12,17,21H,2,13-16,18H2,1H3,(H,30,35)/t21-/m0/s1. The van der Waals surface area contributed by atoms with Gasteiger partial charge in [-0.3, -0.25) is 4.79 Å². The molecule has 0 bridgehead atoms. The second kappa shape index (κ2) is 10.2. The first-order chi connectivity index (χ1) is 17.5. The predicted molar refractivity (Wildman–Crippen MR) is 135 cm³/mol. The molecule has 2 amide bonds. The van der Waals surface area contributed by atoms with Gasteiger partial charge in [0.15, 0.2) is 5.82 Å². The Kier molecular flexibility index (Phi) is 6.71. The second-order valence-corrected chi connectivity index (χ2v) is 8.73. The third-order valence-corrected chi connectivity index (χ3v) is 6.44. The summed E-state index contributed by atoms with van der Waals surface area (Å²) in [7, 11) is 0. The lowest BCUT2D eigenvalue weighted by atomic mass is 10.0. The van der Waals surface area contributed by atoms with Crippen molar-refractivity contribution in [3.8, 4) is 0 Å². The zero-order valence-corrected chi connectivity index (χ0v) is 20.1. The molecule has 9 heteroatoms. The van der Waals surface area contributed by atoms with E-state index in [0.717, 1.165) is 22.4 Å². The third kappa shape index (κ3) is 4.82. The highest BCUT2D eigenvalue weighted by Gasteiger charge is 2.27. The van der Waals surface area contributed by atoms with Gasteiger partial charge in [-0.15, -0.1) is 0 Å². The van der Waals surface area contributed by atoms with E-state index in [4.69, 9.17) is 9.72 Å². The number of ether oxygens (including phenoxy) is 1. The van der Waals surface area contributed by atoms with Crippen molar-refractivity contribution >= 4 is 34.4 Å². The van der Waals surface area contributed by atoms with E-state index in [9.17, 15) is 14.0 Å². The average molecular weight is 490 g/mol. The van der Waals surface area contributed by atoms with E-state index in [2.05, 4.69) is 10.2 Å². The number of amides is 2. The minimum absolute atomic E-state index is 0.0628. The Morgan fingerprint density at radius 3 is 2.56 bits per heavy atom. The van der Waals surface area contributed by atoms with E-state index in [0.29, 0.717) is 38.3 Å². The van der Waals surface area contributed by atoms with Gasteiger partial charge in [0.2, 0.25) is 0 Å². The van der Waals surface area contributed by atoms with Gasteiger partial charge in [0, 0.05) is 38.4 Å². The number of aromatic nitrogens is 2. The van der Waals surface area contributed by atoms with Crippen molar-refractivity contribution in [2.24, 2.45) is 0 Å². The smallest absolute Gasteiger partial charge is 0.318 e. The number of carbonyl (C=O) groups is 2. The number of piperazine rings is 1. The number of fused-ring (bicyclic) bond motifs is 3. The first-order valence-corrected chi connectivity index (χ1v) is 12.1. The number of esters is 1. The quantitative estimate of drug-likeness (QED) is 0.412. The van der Waals surface area contributed by atoms with Crippen LogP contribution in [0.15, 0.2) is 66.9 Å². The van der Waals surface area contributed by atoms with Crippen molar-refractivity contribution in [2.45, 2.75) is 19.4 Å². The topological polar surface area (TPSA) is 79.2 Å². The number of hydrogen-bond donors (Lipinski definition) is 1. The highest BCUT2D eigenvalue weighted by molar-refractivity contribution is 5.85. The molecule has 1 atom stereocenters. The normalized spacial score (nSPS) is 14.7. The van der Waals surface area contributed by atoms with Crippen LogP contribution in [0.5, 0.6) is 0 Å². The molecule has 0 spiro atoms. The lowest BCUT2D eigenvalue weighted by Crippen LogP contribution is -2.52. The van der Waals surface area contributed by atoms with Gasteiger partial charge in [-0.2, -0.15) is 0 Å². The number of benzene rings is 2. The Hall–Kier alpha value is -4.14. The first kappa shape index (κ1) is 23.6. The van der Waals surface area contributed by atoms with E-state index in [1.54, 1.807) is 17.9 Å². The van der Waals surface area contributed by atoms with Gasteiger partial charge >= 0.3 is 12.0 Å². The molecular weight excluding hydrogens is 461 g/mol. The number of rotatable bonds is 6. The van der Waals surface area contributed by atoms with Gasteiger partial charge in [-0.25, -0.2) is 14.2 Å². The number of nitrogens with zero attached hydrogens (tertiary/aromatic N) is 4. The number of urea groups is 1. The molecule has 0 saturated carbocycles. The van der Waals surface area contributed by atoms with Crippen molar-refractivity contribution in [1.29, 1.82) is 0 Å². The molecule has 5 rings (SSSR count). The molecule has 4 aromatic rings. The summed E-state index contributed by atoms with van der Waals surface area (Å²) < 4.78 is 21.0. The number of anilines is 1. The fourth-order valence-corrected chi connectivity index (χ4v) is 4.65. The minimum Gasteiger partial charge on any atom is -0.466 e. The summed E-state index contributed by atoms with van der Waals surface area (Å²) in [5.41, 5.74) is 3.21. The number of carbonyl (C=O) groups excluding carboxylic acids is 2. The van der Waals surface area contributed by atoms with Gasteiger partial charge in [0.1, 0.15) is 5.82 Å². The number of halogens is 1. The Morgan fingerprint density at radius 1 is 1.03 bits per heavy atom. The summed E-state index contributed by atoms with van der Waals surface area (Å²) in [6, 6.07) is 17.3. The molecule has 3 heterocycles.